The van der Waals surface area contributed by atoms with Crippen LogP contribution < -0.4 is 5.32 Å². The van der Waals surface area contributed by atoms with Gasteiger partial charge in [0.2, 0.25) is 0 Å². The number of carbonyl (C=O) groups is 3. The highest BCUT2D eigenvalue weighted by Gasteiger charge is 2.35. The number of alkyl halides is 3. The minimum Gasteiger partial charge on any atom is -0.480 e. The Balaban J connectivity index is 2.33. The summed E-state index contributed by atoms with van der Waals surface area (Å²) in [5.74, 6) is -4.89. The van der Waals surface area contributed by atoms with Gasteiger partial charge in [-0.1, -0.05) is 24.3 Å². The third-order valence-corrected chi connectivity index (χ3v) is 4.99. The van der Waals surface area contributed by atoms with Crippen molar-refractivity contribution in [2.75, 3.05) is 6.61 Å². The largest absolute Gasteiger partial charge is 0.480 e. The molecule has 0 saturated carbocycles. The van der Waals surface area contributed by atoms with E-state index in [9.17, 15) is 47.9 Å². The number of aliphatic carboxylic acids is 1. The zero-order valence-corrected chi connectivity index (χ0v) is 18.2. The summed E-state index contributed by atoms with van der Waals surface area (Å²) in [5.41, 5.74) is -1.38. The Kier molecular flexibility index (Phi) is 8.89. The highest BCUT2D eigenvalue weighted by Crippen LogP contribution is 2.31. The van der Waals surface area contributed by atoms with Gasteiger partial charge in [-0.15, -0.1) is 0 Å². The standard InChI is InChI=1S/C22H21F3N2O8/c1-2-35-17(28)11-16(12-5-9-15(10-6-12)27(33)34)18(21(31)32)26-20(30)19(29)13-3-7-14(8-4-13)22(23,24)25/h3-10,16,18-19,29H,2,11H2,1H3,(H,26,30)(H,31,32)/t16-,18+,19+/m0/s1. The lowest BCUT2D eigenvalue weighted by Crippen LogP contribution is -2.47. The van der Waals surface area contributed by atoms with Gasteiger partial charge in [0.15, 0.2) is 6.10 Å². The predicted octanol–water partition coefficient (Wildman–Crippen LogP) is 2.95. The fraction of sp³-hybridized carbons (Fsp3) is 0.318. The van der Waals surface area contributed by atoms with Crippen LogP contribution in [0.5, 0.6) is 0 Å². The molecular formula is C22H21F3N2O8. The van der Waals surface area contributed by atoms with Crippen LogP contribution >= 0.6 is 0 Å². The van der Waals surface area contributed by atoms with Crippen molar-refractivity contribution in [2.24, 2.45) is 0 Å². The molecule has 35 heavy (non-hydrogen) atoms. The van der Waals surface area contributed by atoms with Crippen LogP contribution in [0.3, 0.4) is 0 Å². The second-order valence-corrected chi connectivity index (χ2v) is 7.31. The van der Waals surface area contributed by atoms with Crippen LogP contribution in [0.2, 0.25) is 0 Å². The second kappa shape index (κ2) is 11.4. The minimum atomic E-state index is -4.63. The van der Waals surface area contributed by atoms with Gasteiger partial charge in [0.1, 0.15) is 6.04 Å². The van der Waals surface area contributed by atoms with E-state index in [1.54, 1.807) is 0 Å². The van der Waals surface area contributed by atoms with E-state index >= 15 is 0 Å². The Hall–Kier alpha value is -4.00. The van der Waals surface area contributed by atoms with Gasteiger partial charge in [-0.2, -0.15) is 13.2 Å². The number of aliphatic hydroxyl groups excluding tert-OH is 1. The molecule has 1 amide bonds. The molecular weight excluding hydrogens is 477 g/mol. The van der Waals surface area contributed by atoms with Gasteiger partial charge in [0.25, 0.3) is 11.6 Å². The number of non-ortho nitro benzene ring substituents is 1. The zero-order chi connectivity index (χ0) is 26.3. The quantitative estimate of drug-likeness (QED) is 0.256. The molecule has 0 heterocycles. The Labute approximate surface area is 196 Å². The van der Waals surface area contributed by atoms with E-state index in [1.165, 1.54) is 19.1 Å². The molecule has 2 aromatic carbocycles. The molecule has 0 radical (unpaired) electrons. The topological polar surface area (TPSA) is 156 Å². The molecule has 0 aliphatic heterocycles. The first-order valence-electron chi connectivity index (χ1n) is 10.1. The van der Waals surface area contributed by atoms with E-state index in [4.69, 9.17) is 4.74 Å². The van der Waals surface area contributed by atoms with Gasteiger partial charge >= 0.3 is 18.1 Å². The number of hydrogen-bond donors (Lipinski definition) is 3. The summed E-state index contributed by atoms with van der Waals surface area (Å²) >= 11 is 0. The Morgan fingerprint density at radius 3 is 2.06 bits per heavy atom. The number of nitrogens with one attached hydrogen (secondary N) is 1. The van der Waals surface area contributed by atoms with Crippen molar-refractivity contribution in [1.29, 1.82) is 0 Å². The molecule has 0 spiro atoms. The molecule has 10 nitrogen and oxygen atoms in total. The first kappa shape index (κ1) is 27.2. The molecule has 0 unspecified atom stereocenters. The number of amides is 1. The SMILES string of the molecule is CCOC(=O)C[C@@H](c1ccc([N+](=O)[O-])cc1)[C@@H](NC(=O)[C@H](O)c1ccc(C(F)(F)F)cc1)C(=O)O. The number of carboxylic acid groups (broad SMARTS) is 1. The number of aliphatic hydroxyl groups is 1. The number of nitro groups is 1. The summed E-state index contributed by atoms with van der Waals surface area (Å²) in [5, 5.41) is 33.0. The van der Waals surface area contributed by atoms with Crippen LogP contribution in [0.4, 0.5) is 18.9 Å². The molecule has 0 aliphatic rings. The van der Waals surface area contributed by atoms with E-state index < -0.39 is 59.0 Å². The summed E-state index contributed by atoms with van der Waals surface area (Å²) in [6.07, 6.45) is -7.18. The zero-order valence-electron chi connectivity index (χ0n) is 18.2. The van der Waals surface area contributed by atoms with Crippen LogP contribution in [0.25, 0.3) is 0 Å². The number of esters is 1. The van der Waals surface area contributed by atoms with E-state index in [-0.39, 0.29) is 23.4 Å². The van der Waals surface area contributed by atoms with Gasteiger partial charge in [0, 0.05) is 18.1 Å². The molecule has 3 N–H and O–H groups in total. The molecule has 0 saturated heterocycles. The fourth-order valence-electron chi connectivity index (χ4n) is 3.24. The molecule has 0 bridgehead atoms. The van der Waals surface area contributed by atoms with Crippen molar-refractivity contribution in [3.63, 3.8) is 0 Å². The average Bonchev–Trinajstić information content (AvgIpc) is 2.80. The summed E-state index contributed by atoms with van der Waals surface area (Å²) in [4.78, 5) is 46.9. The third kappa shape index (κ3) is 7.24. The van der Waals surface area contributed by atoms with E-state index in [0.717, 1.165) is 24.3 Å². The first-order chi connectivity index (χ1) is 16.3. The number of nitro benzene ring substituents is 1. The van der Waals surface area contributed by atoms with Crippen molar-refractivity contribution in [3.8, 4) is 0 Å². The maximum absolute atomic E-state index is 12.7. The van der Waals surface area contributed by atoms with Crippen LogP contribution in [-0.4, -0.2) is 45.6 Å². The van der Waals surface area contributed by atoms with Crippen LogP contribution in [0, 0.1) is 10.1 Å². The van der Waals surface area contributed by atoms with Crippen molar-refractivity contribution in [1.82, 2.24) is 5.32 Å². The Morgan fingerprint density at radius 2 is 1.60 bits per heavy atom. The average molecular weight is 498 g/mol. The number of hydrogen-bond acceptors (Lipinski definition) is 7. The summed E-state index contributed by atoms with van der Waals surface area (Å²) < 4.78 is 43.1. The normalized spacial score (nSPS) is 13.9. The summed E-state index contributed by atoms with van der Waals surface area (Å²) in [7, 11) is 0. The second-order valence-electron chi connectivity index (χ2n) is 7.31. The summed E-state index contributed by atoms with van der Waals surface area (Å²) in [6, 6.07) is 5.87. The Morgan fingerprint density at radius 1 is 1.06 bits per heavy atom. The lowest BCUT2D eigenvalue weighted by Gasteiger charge is -2.26. The number of carbonyl (C=O) groups excluding carboxylic acids is 2. The van der Waals surface area contributed by atoms with Gasteiger partial charge in [0.05, 0.1) is 23.5 Å². The van der Waals surface area contributed by atoms with Crippen molar-refractivity contribution < 1.29 is 47.4 Å². The smallest absolute Gasteiger partial charge is 0.416 e. The highest BCUT2D eigenvalue weighted by atomic mass is 19.4. The maximum Gasteiger partial charge on any atom is 0.416 e. The molecule has 0 aliphatic carbocycles. The van der Waals surface area contributed by atoms with E-state index in [0.29, 0.717) is 12.1 Å². The van der Waals surface area contributed by atoms with Gasteiger partial charge in [-0.3, -0.25) is 19.7 Å². The van der Waals surface area contributed by atoms with Crippen LogP contribution in [-0.2, 0) is 25.3 Å². The van der Waals surface area contributed by atoms with Crippen molar-refractivity contribution in [3.05, 3.63) is 75.3 Å². The van der Waals surface area contributed by atoms with Crippen molar-refractivity contribution in [2.45, 2.75) is 37.6 Å². The maximum atomic E-state index is 12.7. The Bertz CT molecular complexity index is 1070. The van der Waals surface area contributed by atoms with Gasteiger partial charge in [-0.25, -0.2) is 4.79 Å². The molecule has 2 aromatic rings. The lowest BCUT2D eigenvalue weighted by molar-refractivity contribution is -0.384. The minimum absolute atomic E-state index is 0.0114. The number of carboxylic acids is 1. The molecule has 13 heteroatoms. The summed E-state index contributed by atoms with van der Waals surface area (Å²) in [6.45, 7) is 1.51. The third-order valence-electron chi connectivity index (χ3n) is 4.99. The number of benzene rings is 2. The number of halogens is 3. The monoisotopic (exact) mass is 498 g/mol. The lowest BCUT2D eigenvalue weighted by atomic mass is 9.88. The van der Waals surface area contributed by atoms with Crippen molar-refractivity contribution >= 4 is 23.5 Å². The molecule has 188 valence electrons. The highest BCUT2D eigenvalue weighted by molar-refractivity contribution is 5.88. The van der Waals surface area contributed by atoms with Gasteiger partial charge < -0.3 is 20.3 Å². The molecule has 0 aromatic heterocycles. The number of rotatable bonds is 10. The molecule has 2 rings (SSSR count). The van der Waals surface area contributed by atoms with Crippen LogP contribution in [0.15, 0.2) is 48.5 Å². The molecule has 0 fully saturated rings. The number of ether oxygens (including phenoxy) is 1. The number of nitrogens with zero attached hydrogens (tertiary/aromatic N) is 1. The first-order valence-corrected chi connectivity index (χ1v) is 10.1. The van der Waals surface area contributed by atoms with Gasteiger partial charge in [-0.05, 0) is 30.2 Å². The van der Waals surface area contributed by atoms with E-state index in [2.05, 4.69) is 5.32 Å². The van der Waals surface area contributed by atoms with Crippen LogP contribution in [0.1, 0.15) is 42.1 Å². The molecule has 3 atom stereocenters. The predicted molar refractivity (Wildman–Crippen MR) is 113 cm³/mol. The fourth-order valence-corrected chi connectivity index (χ4v) is 3.24. The van der Waals surface area contributed by atoms with E-state index in [1.807, 2.05) is 0 Å².